The van der Waals surface area contributed by atoms with Gasteiger partial charge >= 0.3 is 0 Å². The van der Waals surface area contributed by atoms with Gasteiger partial charge in [0.1, 0.15) is 0 Å². The molecule has 2 bridgehead atoms. The first-order chi connectivity index (χ1) is 5.30. The first kappa shape index (κ1) is 7.56. The van der Waals surface area contributed by atoms with E-state index in [4.69, 9.17) is 10.2 Å². The number of hydrogen-bond donors (Lipinski definition) is 2. The molecule has 63 valence electrons. The summed E-state index contributed by atoms with van der Waals surface area (Å²) in [5, 5.41) is 18.3. The van der Waals surface area contributed by atoms with Crippen molar-refractivity contribution in [3.63, 3.8) is 0 Å². The molecule has 0 spiro atoms. The third-order valence-corrected chi connectivity index (χ3v) is 3.51. The van der Waals surface area contributed by atoms with Crippen LogP contribution in [0.2, 0.25) is 0 Å². The van der Waals surface area contributed by atoms with E-state index in [2.05, 4.69) is 6.42 Å². The summed E-state index contributed by atoms with van der Waals surface area (Å²) in [6.45, 7) is 0.330. The van der Waals surface area contributed by atoms with Gasteiger partial charge in [-0.05, 0) is 37.5 Å². The normalized spacial score (nSPS) is 39.8. The minimum atomic E-state index is -0.126. The Bertz CT molecular complexity index is 152. The van der Waals surface area contributed by atoms with Crippen molar-refractivity contribution in [1.29, 1.82) is 0 Å². The Morgan fingerprint density at radius 2 is 2.09 bits per heavy atom. The molecule has 0 aliphatic heterocycles. The van der Waals surface area contributed by atoms with E-state index in [9.17, 15) is 0 Å². The van der Waals surface area contributed by atoms with Crippen molar-refractivity contribution in [2.75, 3.05) is 13.2 Å². The summed E-state index contributed by atoms with van der Waals surface area (Å²) in [5.74, 6) is 1.24. The lowest BCUT2D eigenvalue weighted by Crippen LogP contribution is -2.35. The maximum atomic E-state index is 9.16. The van der Waals surface area contributed by atoms with Crippen LogP contribution in [0.3, 0.4) is 0 Å². The van der Waals surface area contributed by atoms with Crippen LogP contribution < -0.4 is 0 Å². The van der Waals surface area contributed by atoms with Crippen molar-refractivity contribution in [3.05, 3.63) is 6.42 Å². The molecular formula is C9H15O2. The summed E-state index contributed by atoms with van der Waals surface area (Å²) >= 11 is 0. The summed E-state index contributed by atoms with van der Waals surface area (Å²) in [7, 11) is 0. The average molecular weight is 155 g/mol. The van der Waals surface area contributed by atoms with Gasteiger partial charge in [0.25, 0.3) is 0 Å². The summed E-state index contributed by atoms with van der Waals surface area (Å²) in [6.07, 6.45) is 5.64. The largest absolute Gasteiger partial charge is 0.396 e. The molecule has 2 heteroatoms. The third-order valence-electron chi connectivity index (χ3n) is 3.51. The van der Waals surface area contributed by atoms with Gasteiger partial charge in [0.15, 0.2) is 0 Å². The lowest BCUT2D eigenvalue weighted by atomic mass is 9.74. The van der Waals surface area contributed by atoms with E-state index in [0.717, 1.165) is 12.8 Å². The molecule has 11 heavy (non-hydrogen) atoms. The van der Waals surface area contributed by atoms with Crippen LogP contribution in [0.4, 0.5) is 0 Å². The zero-order valence-corrected chi connectivity index (χ0v) is 6.66. The van der Waals surface area contributed by atoms with E-state index in [1.807, 2.05) is 0 Å². The predicted octanol–water partition coefficient (Wildman–Crippen LogP) is 0.592. The van der Waals surface area contributed by atoms with Crippen LogP contribution in [0, 0.1) is 23.7 Å². The predicted molar refractivity (Wildman–Crippen MR) is 41.7 cm³/mol. The fraction of sp³-hybridized carbons (Fsp3) is 0.889. The first-order valence-corrected chi connectivity index (χ1v) is 4.36. The van der Waals surface area contributed by atoms with Crippen molar-refractivity contribution in [2.24, 2.45) is 17.3 Å². The minimum Gasteiger partial charge on any atom is -0.396 e. The highest BCUT2D eigenvalue weighted by atomic mass is 16.3. The van der Waals surface area contributed by atoms with Crippen molar-refractivity contribution >= 4 is 0 Å². The lowest BCUT2D eigenvalue weighted by Gasteiger charge is -2.33. The molecule has 0 aromatic heterocycles. The van der Waals surface area contributed by atoms with Crippen molar-refractivity contribution in [3.8, 4) is 0 Å². The zero-order valence-electron chi connectivity index (χ0n) is 6.66. The van der Waals surface area contributed by atoms with Gasteiger partial charge in [-0.15, -0.1) is 0 Å². The van der Waals surface area contributed by atoms with Crippen molar-refractivity contribution in [2.45, 2.75) is 19.3 Å². The molecule has 1 radical (unpaired) electrons. The Hall–Kier alpha value is -0.0800. The van der Waals surface area contributed by atoms with Crippen molar-refractivity contribution in [1.82, 2.24) is 0 Å². The van der Waals surface area contributed by atoms with Gasteiger partial charge in [-0.2, -0.15) is 0 Å². The van der Waals surface area contributed by atoms with E-state index < -0.39 is 0 Å². The fourth-order valence-electron chi connectivity index (χ4n) is 2.71. The Morgan fingerprint density at radius 1 is 1.36 bits per heavy atom. The molecule has 2 atom stereocenters. The first-order valence-electron chi connectivity index (χ1n) is 4.36. The Balaban J connectivity index is 2.14. The second-order valence-corrected chi connectivity index (χ2v) is 4.05. The topological polar surface area (TPSA) is 40.5 Å². The molecule has 0 heterocycles. The Morgan fingerprint density at radius 3 is 2.36 bits per heavy atom. The molecule has 0 saturated heterocycles. The summed E-state index contributed by atoms with van der Waals surface area (Å²) in [4.78, 5) is 0. The number of fused-ring (bicyclic) bond motifs is 2. The van der Waals surface area contributed by atoms with Crippen LogP contribution in [0.5, 0.6) is 0 Å². The van der Waals surface area contributed by atoms with Gasteiger partial charge in [-0.1, -0.05) is 0 Å². The number of aliphatic hydroxyl groups is 2. The molecule has 2 nitrogen and oxygen atoms in total. The van der Waals surface area contributed by atoms with Crippen LogP contribution in [0.1, 0.15) is 19.3 Å². The van der Waals surface area contributed by atoms with Gasteiger partial charge in [-0.25, -0.2) is 0 Å². The summed E-state index contributed by atoms with van der Waals surface area (Å²) < 4.78 is 0. The monoisotopic (exact) mass is 155 g/mol. The van der Waals surface area contributed by atoms with Crippen molar-refractivity contribution < 1.29 is 10.2 Å². The van der Waals surface area contributed by atoms with Crippen LogP contribution in [0.15, 0.2) is 0 Å². The van der Waals surface area contributed by atoms with Gasteiger partial charge in [0, 0.05) is 5.41 Å². The highest BCUT2D eigenvalue weighted by Crippen LogP contribution is 2.54. The minimum absolute atomic E-state index is 0.126. The summed E-state index contributed by atoms with van der Waals surface area (Å²) in [6, 6.07) is 0. The average Bonchev–Trinajstić information content (AvgIpc) is 2.62. The van der Waals surface area contributed by atoms with E-state index in [-0.39, 0.29) is 18.6 Å². The van der Waals surface area contributed by atoms with E-state index in [1.165, 1.54) is 6.42 Å². The molecule has 2 unspecified atom stereocenters. The fourth-order valence-corrected chi connectivity index (χ4v) is 2.71. The van der Waals surface area contributed by atoms with E-state index in [0.29, 0.717) is 11.8 Å². The molecule has 2 rings (SSSR count). The van der Waals surface area contributed by atoms with E-state index in [1.54, 1.807) is 0 Å². The smallest absolute Gasteiger partial charge is 0.0512 e. The van der Waals surface area contributed by atoms with Crippen LogP contribution >= 0.6 is 0 Å². The molecular weight excluding hydrogens is 140 g/mol. The lowest BCUT2D eigenvalue weighted by molar-refractivity contribution is 0.0152. The molecule has 2 aliphatic rings. The molecule has 2 N–H and O–H groups in total. The van der Waals surface area contributed by atoms with Gasteiger partial charge in [-0.3, -0.25) is 0 Å². The van der Waals surface area contributed by atoms with Gasteiger partial charge < -0.3 is 10.2 Å². The maximum Gasteiger partial charge on any atom is 0.0512 e. The molecule has 2 saturated carbocycles. The maximum absolute atomic E-state index is 9.16. The Labute approximate surface area is 67.2 Å². The second-order valence-electron chi connectivity index (χ2n) is 4.05. The SMILES string of the molecule is OCC1(CO)CC2[CH]CC1C2. The van der Waals surface area contributed by atoms with Crippen LogP contribution in [0.25, 0.3) is 0 Å². The highest BCUT2D eigenvalue weighted by molar-refractivity contribution is 5.06. The van der Waals surface area contributed by atoms with E-state index >= 15 is 0 Å². The molecule has 0 aromatic rings. The third kappa shape index (κ3) is 0.926. The second kappa shape index (κ2) is 2.46. The number of rotatable bonds is 2. The van der Waals surface area contributed by atoms with Crippen LogP contribution in [-0.2, 0) is 0 Å². The van der Waals surface area contributed by atoms with Gasteiger partial charge in [0.2, 0.25) is 0 Å². The molecule has 2 fully saturated rings. The molecule has 0 amide bonds. The molecule has 0 aromatic carbocycles. The van der Waals surface area contributed by atoms with Crippen LogP contribution in [-0.4, -0.2) is 23.4 Å². The molecule has 2 aliphatic carbocycles. The highest BCUT2D eigenvalue weighted by Gasteiger charge is 2.50. The number of hydrogen-bond acceptors (Lipinski definition) is 2. The quantitative estimate of drug-likeness (QED) is 0.612. The Kier molecular flexibility index (Phi) is 1.69. The standard InChI is InChI=1S/C9H15O2/c10-5-9(6-11)4-7-1-2-8(9)3-7/h1,7-8,10-11H,2-6H2. The number of aliphatic hydroxyl groups excluding tert-OH is 2. The zero-order chi connectivity index (χ0) is 7.90. The summed E-state index contributed by atoms with van der Waals surface area (Å²) in [5.41, 5.74) is -0.126. The van der Waals surface area contributed by atoms with Gasteiger partial charge in [0.05, 0.1) is 13.2 Å².